The predicted octanol–water partition coefficient (Wildman–Crippen LogP) is 4.33. The third-order valence-corrected chi connectivity index (χ3v) is 3.80. The molecule has 1 heterocycles. The van der Waals surface area contributed by atoms with Crippen molar-refractivity contribution < 1.29 is 4.74 Å². The zero-order valence-electron chi connectivity index (χ0n) is 11.3. The van der Waals surface area contributed by atoms with E-state index < -0.39 is 5.54 Å². The minimum absolute atomic E-state index is 0.546. The van der Waals surface area contributed by atoms with E-state index in [0.717, 1.165) is 16.9 Å². The molecule has 2 aromatic rings. The molecule has 1 unspecified atom stereocenters. The quantitative estimate of drug-likeness (QED) is 0.453. The van der Waals surface area contributed by atoms with Gasteiger partial charge in [-0.25, -0.2) is 0 Å². The van der Waals surface area contributed by atoms with Crippen LogP contribution in [0.4, 0.5) is 0 Å². The highest BCUT2D eigenvalue weighted by Gasteiger charge is 2.38. The zero-order chi connectivity index (χ0) is 14.0. The third kappa shape index (κ3) is 1.91. The SMILES string of the molecule is Cc1ccc(C2(N=[N+]=[N-])CCOc3ccccc32)cc1. The molecule has 1 aliphatic heterocycles. The molecule has 20 heavy (non-hydrogen) atoms. The van der Waals surface area contributed by atoms with Crippen molar-refractivity contribution in [1.82, 2.24) is 0 Å². The van der Waals surface area contributed by atoms with E-state index in [1.165, 1.54) is 5.56 Å². The molecule has 100 valence electrons. The van der Waals surface area contributed by atoms with Crippen molar-refractivity contribution in [3.63, 3.8) is 0 Å². The Hall–Kier alpha value is -2.45. The van der Waals surface area contributed by atoms with E-state index in [9.17, 15) is 0 Å². The molecule has 2 aromatic carbocycles. The topological polar surface area (TPSA) is 58.0 Å². The highest BCUT2D eigenvalue weighted by Crippen LogP contribution is 2.44. The number of ether oxygens (including phenoxy) is 1. The largest absolute Gasteiger partial charge is 0.493 e. The Kier molecular flexibility index (Phi) is 3.09. The van der Waals surface area contributed by atoms with Crippen molar-refractivity contribution in [3.05, 3.63) is 75.7 Å². The molecular weight excluding hydrogens is 250 g/mol. The molecule has 0 spiro atoms. The van der Waals surface area contributed by atoms with E-state index in [-0.39, 0.29) is 0 Å². The molecule has 0 N–H and O–H groups in total. The summed E-state index contributed by atoms with van der Waals surface area (Å²) in [6.45, 7) is 2.59. The van der Waals surface area contributed by atoms with E-state index in [0.29, 0.717) is 13.0 Å². The van der Waals surface area contributed by atoms with Crippen molar-refractivity contribution in [2.75, 3.05) is 6.61 Å². The molecule has 0 fully saturated rings. The summed E-state index contributed by atoms with van der Waals surface area (Å²) >= 11 is 0. The van der Waals surface area contributed by atoms with Gasteiger partial charge in [0.1, 0.15) is 11.3 Å². The number of aryl methyl sites for hydroxylation is 1. The molecule has 0 saturated carbocycles. The molecule has 3 rings (SSSR count). The van der Waals surface area contributed by atoms with Crippen molar-refractivity contribution in [2.45, 2.75) is 18.9 Å². The molecular formula is C16H15N3O. The summed E-state index contributed by atoms with van der Waals surface area (Å²) in [6, 6.07) is 15.9. The summed E-state index contributed by atoms with van der Waals surface area (Å²) in [6.07, 6.45) is 0.650. The first-order chi connectivity index (χ1) is 9.76. The van der Waals surface area contributed by atoms with Gasteiger partial charge in [-0.05, 0) is 24.1 Å². The van der Waals surface area contributed by atoms with Gasteiger partial charge >= 0.3 is 0 Å². The molecule has 0 radical (unpaired) electrons. The maximum Gasteiger partial charge on any atom is 0.123 e. The number of benzene rings is 2. The number of rotatable bonds is 2. The van der Waals surface area contributed by atoms with Gasteiger partial charge in [-0.15, -0.1) is 0 Å². The maximum atomic E-state index is 9.04. The summed E-state index contributed by atoms with van der Waals surface area (Å²) < 4.78 is 5.69. The van der Waals surface area contributed by atoms with Crippen molar-refractivity contribution in [1.29, 1.82) is 0 Å². The van der Waals surface area contributed by atoms with Gasteiger partial charge in [-0.2, -0.15) is 0 Å². The van der Waals surface area contributed by atoms with Gasteiger partial charge in [0.2, 0.25) is 0 Å². The fraction of sp³-hybridized carbons (Fsp3) is 0.250. The number of hydrogen-bond acceptors (Lipinski definition) is 2. The van der Waals surface area contributed by atoms with E-state index in [1.807, 2.05) is 55.5 Å². The standard InChI is InChI=1S/C16H15N3O/c1-12-6-8-13(9-7-12)16(18-19-17)10-11-20-15-5-3-2-4-14(15)16/h2-9H,10-11H2,1H3. The Balaban J connectivity index is 2.24. The van der Waals surface area contributed by atoms with Crippen LogP contribution < -0.4 is 4.74 Å². The van der Waals surface area contributed by atoms with Gasteiger partial charge in [-0.3, -0.25) is 0 Å². The molecule has 0 aliphatic carbocycles. The Morgan fingerprint density at radius 2 is 1.90 bits per heavy atom. The normalized spacial score (nSPS) is 20.4. The van der Waals surface area contributed by atoms with Crippen LogP contribution >= 0.6 is 0 Å². The lowest BCUT2D eigenvalue weighted by atomic mass is 9.79. The first-order valence-electron chi connectivity index (χ1n) is 6.62. The molecule has 1 aliphatic rings. The van der Waals surface area contributed by atoms with Crippen LogP contribution in [0.2, 0.25) is 0 Å². The number of para-hydroxylation sites is 1. The summed E-state index contributed by atoms with van der Waals surface area (Å²) in [5.74, 6) is 0.798. The average molecular weight is 265 g/mol. The summed E-state index contributed by atoms with van der Waals surface area (Å²) in [5, 5.41) is 4.16. The number of nitrogens with zero attached hydrogens (tertiary/aromatic N) is 3. The minimum Gasteiger partial charge on any atom is -0.493 e. The van der Waals surface area contributed by atoms with E-state index in [2.05, 4.69) is 10.0 Å². The smallest absolute Gasteiger partial charge is 0.123 e. The molecule has 4 heteroatoms. The Morgan fingerprint density at radius 3 is 2.65 bits per heavy atom. The van der Waals surface area contributed by atoms with Crippen LogP contribution in [0.3, 0.4) is 0 Å². The highest BCUT2D eigenvalue weighted by atomic mass is 16.5. The van der Waals surface area contributed by atoms with Gasteiger partial charge in [0.05, 0.1) is 6.61 Å². The predicted molar refractivity (Wildman–Crippen MR) is 77.7 cm³/mol. The molecule has 0 amide bonds. The monoisotopic (exact) mass is 265 g/mol. The molecule has 0 bridgehead atoms. The Bertz CT molecular complexity index is 674. The Morgan fingerprint density at radius 1 is 1.15 bits per heavy atom. The fourth-order valence-electron chi connectivity index (χ4n) is 2.74. The molecule has 4 nitrogen and oxygen atoms in total. The fourth-order valence-corrected chi connectivity index (χ4v) is 2.74. The van der Waals surface area contributed by atoms with Crippen LogP contribution in [0.5, 0.6) is 5.75 Å². The number of azide groups is 1. The molecule has 1 atom stereocenters. The Labute approximate surface area is 117 Å². The lowest BCUT2D eigenvalue weighted by Gasteiger charge is -2.35. The molecule has 0 saturated heterocycles. The average Bonchev–Trinajstić information content (AvgIpc) is 2.48. The van der Waals surface area contributed by atoms with Crippen LogP contribution in [0.25, 0.3) is 10.4 Å². The van der Waals surface area contributed by atoms with Crippen LogP contribution in [0.1, 0.15) is 23.1 Å². The first kappa shape index (κ1) is 12.6. The van der Waals surface area contributed by atoms with Gasteiger partial charge in [-0.1, -0.05) is 53.1 Å². The van der Waals surface area contributed by atoms with E-state index >= 15 is 0 Å². The van der Waals surface area contributed by atoms with Crippen molar-refractivity contribution >= 4 is 0 Å². The minimum atomic E-state index is -0.669. The maximum absolute atomic E-state index is 9.04. The van der Waals surface area contributed by atoms with Crippen molar-refractivity contribution in [3.8, 4) is 5.75 Å². The second-order valence-corrected chi connectivity index (χ2v) is 5.01. The third-order valence-electron chi connectivity index (χ3n) is 3.80. The first-order valence-corrected chi connectivity index (χ1v) is 6.62. The van der Waals surface area contributed by atoms with Gasteiger partial charge in [0, 0.05) is 16.9 Å². The van der Waals surface area contributed by atoms with Crippen LogP contribution in [0, 0.1) is 6.92 Å². The summed E-state index contributed by atoms with van der Waals surface area (Å²) in [4.78, 5) is 3.10. The zero-order valence-corrected chi connectivity index (χ0v) is 11.3. The van der Waals surface area contributed by atoms with Crippen LogP contribution in [-0.2, 0) is 5.54 Å². The second kappa shape index (κ2) is 4.91. The highest BCUT2D eigenvalue weighted by molar-refractivity contribution is 5.48. The number of fused-ring (bicyclic) bond motifs is 1. The number of hydrogen-bond donors (Lipinski definition) is 0. The van der Waals surface area contributed by atoms with Gasteiger partial charge in [0.15, 0.2) is 0 Å². The van der Waals surface area contributed by atoms with Crippen molar-refractivity contribution in [2.24, 2.45) is 5.11 Å². The summed E-state index contributed by atoms with van der Waals surface area (Å²) in [7, 11) is 0. The van der Waals surface area contributed by atoms with Gasteiger partial charge < -0.3 is 4.74 Å². The van der Waals surface area contributed by atoms with E-state index in [1.54, 1.807) is 0 Å². The van der Waals surface area contributed by atoms with Crippen LogP contribution in [0.15, 0.2) is 53.6 Å². The lowest BCUT2D eigenvalue weighted by Crippen LogP contribution is -2.31. The van der Waals surface area contributed by atoms with Crippen LogP contribution in [-0.4, -0.2) is 6.61 Å². The second-order valence-electron chi connectivity index (χ2n) is 5.01. The summed E-state index contributed by atoms with van der Waals surface area (Å²) in [5.41, 5.74) is 11.5. The van der Waals surface area contributed by atoms with Gasteiger partial charge in [0.25, 0.3) is 0 Å². The lowest BCUT2D eigenvalue weighted by molar-refractivity contribution is 0.238. The molecule has 0 aromatic heterocycles. The van der Waals surface area contributed by atoms with E-state index in [4.69, 9.17) is 10.3 Å².